The van der Waals surface area contributed by atoms with Crippen LogP contribution in [0, 0.1) is 0 Å². The second kappa shape index (κ2) is 11.3. The van der Waals surface area contributed by atoms with Gasteiger partial charge in [-0.1, -0.05) is 0 Å². The van der Waals surface area contributed by atoms with Gasteiger partial charge in [0.2, 0.25) is 5.91 Å². The highest BCUT2D eigenvalue weighted by atomic mass is 127. The zero-order valence-corrected chi connectivity index (χ0v) is 16.4. The van der Waals surface area contributed by atoms with E-state index < -0.39 is 0 Å². The lowest BCUT2D eigenvalue weighted by atomic mass is 10.1. The fourth-order valence-electron chi connectivity index (χ4n) is 2.17. The third-order valence-electron chi connectivity index (χ3n) is 3.48. The molecule has 2 amide bonds. The van der Waals surface area contributed by atoms with E-state index in [0.29, 0.717) is 38.6 Å². The van der Waals surface area contributed by atoms with Crippen LogP contribution >= 0.6 is 24.0 Å². The smallest absolute Gasteiger partial charge is 0.409 e. The molecule has 0 aromatic heterocycles. The lowest BCUT2D eigenvalue weighted by molar-refractivity contribution is -0.128. The second-order valence-electron chi connectivity index (χ2n) is 5.41. The predicted octanol–water partition coefficient (Wildman–Crippen LogP) is 0.608. The van der Waals surface area contributed by atoms with Gasteiger partial charge in [0, 0.05) is 39.6 Å². The normalized spacial score (nSPS) is 15.6. The van der Waals surface area contributed by atoms with Gasteiger partial charge in [0.1, 0.15) is 0 Å². The van der Waals surface area contributed by atoms with E-state index in [-0.39, 0.29) is 42.0 Å². The zero-order valence-electron chi connectivity index (χ0n) is 14.1. The van der Waals surface area contributed by atoms with Crippen molar-refractivity contribution in [3.63, 3.8) is 0 Å². The first kappa shape index (κ1) is 21.7. The molecule has 1 aliphatic heterocycles. The number of nitrogens with zero attached hydrogens (tertiary/aromatic N) is 3. The van der Waals surface area contributed by atoms with Crippen molar-refractivity contribution < 1.29 is 14.3 Å². The summed E-state index contributed by atoms with van der Waals surface area (Å²) >= 11 is 0. The summed E-state index contributed by atoms with van der Waals surface area (Å²) in [4.78, 5) is 30.4. The van der Waals surface area contributed by atoms with Crippen LogP contribution in [-0.4, -0.2) is 74.1 Å². The number of rotatable bonds is 5. The minimum absolute atomic E-state index is 0. The van der Waals surface area contributed by atoms with Gasteiger partial charge in [0.05, 0.1) is 13.2 Å². The topological polar surface area (TPSA) is 100 Å². The molecule has 0 atom stereocenters. The molecule has 1 aliphatic rings. The molecule has 0 spiro atoms. The van der Waals surface area contributed by atoms with Gasteiger partial charge < -0.3 is 25.6 Å². The van der Waals surface area contributed by atoms with Gasteiger partial charge in [-0.05, 0) is 19.8 Å². The predicted molar refractivity (Wildman–Crippen MR) is 100.0 cm³/mol. The maximum Gasteiger partial charge on any atom is 0.409 e. The monoisotopic (exact) mass is 441 g/mol. The summed E-state index contributed by atoms with van der Waals surface area (Å²) in [6.07, 6.45) is 1.68. The van der Waals surface area contributed by atoms with E-state index in [4.69, 9.17) is 10.5 Å². The fourth-order valence-corrected chi connectivity index (χ4v) is 2.17. The van der Waals surface area contributed by atoms with Crippen molar-refractivity contribution in [1.82, 2.24) is 15.1 Å². The molecule has 0 unspecified atom stereocenters. The van der Waals surface area contributed by atoms with Crippen molar-refractivity contribution >= 4 is 41.9 Å². The molecular weight excluding hydrogens is 413 g/mol. The van der Waals surface area contributed by atoms with Crippen molar-refractivity contribution in [1.29, 1.82) is 0 Å². The van der Waals surface area contributed by atoms with Crippen molar-refractivity contribution in [2.45, 2.75) is 32.2 Å². The van der Waals surface area contributed by atoms with Gasteiger partial charge in [-0.25, -0.2) is 4.79 Å². The van der Waals surface area contributed by atoms with Crippen LogP contribution in [0.3, 0.4) is 0 Å². The summed E-state index contributed by atoms with van der Waals surface area (Å²) in [5.74, 6) is 0.375. The molecule has 3 N–H and O–H groups in total. The Morgan fingerprint density at radius 1 is 1.35 bits per heavy atom. The molecule has 1 saturated heterocycles. The van der Waals surface area contributed by atoms with Crippen LogP contribution in [0.5, 0.6) is 0 Å². The number of amides is 2. The van der Waals surface area contributed by atoms with Crippen LogP contribution < -0.4 is 11.1 Å². The number of nitrogens with two attached hydrogens (primary N) is 1. The third-order valence-corrected chi connectivity index (χ3v) is 3.48. The first-order chi connectivity index (χ1) is 10.4. The first-order valence-corrected chi connectivity index (χ1v) is 7.62. The molecule has 9 heteroatoms. The average Bonchev–Trinajstić information content (AvgIpc) is 2.48. The molecule has 8 nitrogen and oxygen atoms in total. The van der Waals surface area contributed by atoms with Gasteiger partial charge in [-0.3, -0.25) is 9.79 Å². The lowest BCUT2D eigenvalue weighted by Gasteiger charge is -2.31. The minimum Gasteiger partial charge on any atom is -0.450 e. The summed E-state index contributed by atoms with van der Waals surface area (Å²) in [6.45, 7) is 3.84. The highest BCUT2D eigenvalue weighted by molar-refractivity contribution is 14.0. The number of nitrogens with one attached hydrogen (secondary N) is 1. The summed E-state index contributed by atoms with van der Waals surface area (Å²) in [7, 11) is 3.43. The maximum atomic E-state index is 11.6. The van der Waals surface area contributed by atoms with E-state index in [9.17, 15) is 9.59 Å². The van der Waals surface area contributed by atoms with E-state index in [1.54, 1.807) is 25.9 Å². The lowest BCUT2D eigenvalue weighted by Crippen LogP contribution is -2.48. The Balaban J connectivity index is 0.00000484. The Morgan fingerprint density at radius 3 is 2.48 bits per heavy atom. The average molecular weight is 441 g/mol. The van der Waals surface area contributed by atoms with E-state index >= 15 is 0 Å². The largest absolute Gasteiger partial charge is 0.450 e. The number of hydrogen-bond donors (Lipinski definition) is 2. The maximum absolute atomic E-state index is 11.6. The highest BCUT2D eigenvalue weighted by Gasteiger charge is 2.23. The van der Waals surface area contributed by atoms with E-state index in [1.807, 2.05) is 0 Å². The summed E-state index contributed by atoms with van der Waals surface area (Å²) in [6, 6.07) is 0.193. The van der Waals surface area contributed by atoms with Crippen molar-refractivity contribution in [2.24, 2.45) is 10.7 Å². The van der Waals surface area contributed by atoms with Gasteiger partial charge in [0.25, 0.3) is 0 Å². The van der Waals surface area contributed by atoms with Gasteiger partial charge >= 0.3 is 6.09 Å². The van der Waals surface area contributed by atoms with Gasteiger partial charge in [0.15, 0.2) is 5.96 Å². The quantitative estimate of drug-likeness (QED) is 0.370. The van der Waals surface area contributed by atoms with Crippen LogP contribution in [0.1, 0.15) is 26.2 Å². The molecule has 1 fully saturated rings. The molecule has 0 saturated carbocycles. The standard InChI is InChI=1S/C14H27N5O3.HI/c1-4-22-14(21)19-9-6-11(7-10-19)17-13(15)16-8-5-12(20)18(2)3;/h11H,4-10H2,1-3H3,(H3,15,16,17);1H. The Bertz CT molecular complexity index is 409. The molecule has 0 bridgehead atoms. The third kappa shape index (κ3) is 8.24. The summed E-state index contributed by atoms with van der Waals surface area (Å²) in [5.41, 5.74) is 5.82. The number of likely N-dealkylation sites (tertiary alicyclic amines) is 1. The number of aliphatic imine (C=N–C) groups is 1. The van der Waals surface area contributed by atoms with Crippen LogP contribution in [0.4, 0.5) is 4.79 Å². The van der Waals surface area contributed by atoms with Crippen molar-refractivity contribution in [3.05, 3.63) is 0 Å². The second-order valence-corrected chi connectivity index (χ2v) is 5.41. The van der Waals surface area contributed by atoms with Crippen LogP contribution in [0.15, 0.2) is 4.99 Å². The summed E-state index contributed by atoms with van der Waals surface area (Å²) in [5, 5.41) is 3.14. The van der Waals surface area contributed by atoms with Crippen LogP contribution in [0.2, 0.25) is 0 Å². The number of guanidine groups is 1. The van der Waals surface area contributed by atoms with Crippen LogP contribution in [0.25, 0.3) is 0 Å². The number of halogens is 1. The van der Waals surface area contributed by atoms with Crippen LogP contribution in [-0.2, 0) is 9.53 Å². The molecule has 23 heavy (non-hydrogen) atoms. The number of hydrogen-bond acceptors (Lipinski definition) is 4. The molecule has 134 valence electrons. The Kier molecular flexibility index (Phi) is 10.7. The molecule has 0 radical (unpaired) electrons. The molecule has 1 heterocycles. The fraction of sp³-hybridized carbons (Fsp3) is 0.786. The van der Waals surface area contributed by atoms with E-state index in [2.05, 4.69) is 10.3 Å². The van der Waals surface area contributed by atoms with Gasteiger partial charge in [-0.2, -0.15) is 0 Å². The number of carbonyl (C=O) groups is 2. The van der Waals surface area contributed by atoms with Gasteiger partial charge in [-0.15, -0.1) is 24.0 Å². The Morgan fingerprint density at radius 2 is 1.96 bits per heavy atom. The van der Waals surface area contributed by atoms with Crippen molar-refractivity contribution in [3.8, 4) is 0 Å². The van der Waals surface area contributed by atoms with E-state index in [0.717, 1.165) is 12.8 Å². The number of piperidine rings is 1. The number of carbonyl (C=O) groups excluding carboxylic acids is 2. The Labute approximate surface area is 154 Å². The summed E-state index contributed by atoms with van der Waals surface area (Å²) < 4.78 is 4.97. The zero-order chi connectivity index (χ0) is 16.5. The minimum atomic E-state index is -0.259. The van der Waals surface area contributed by atoms with Crippen molar-refractivity contribution in [2.75, 3.05) is 40.3 Å². The Hall–Kier alpha value is -1.26. The number of ether oxygens (including phenoxy) is 1. The molecule has 0 aliphatic carbocycles. The molecule has 1 rings (SSSR count). The molecular formula is C14H28IN5O3. The molecule has 0 aromatic rings. The first-order valence-electron chi connectivity index (χ1n) is 7.62. The highest BCUT2D eigenvalue weighted by Crippen LogP contribution is 2.11. The SMILES string of the molecule is CCOC(=O)N1CCC(NC(N)=NCCC(=O)N(C)C)CC1.I. The molecule has 0 aromatic carbocycles. The van der Waals surface area contributed by atoms with E-state index in [1.165, 1.54) is 4.90 Å².